The van der Waals surface area contributed by atoms with Gasteiger partial charge in [0.1, 0.15) is 18.5 Å². The van der Waals surface area contributed by atoms with Gasteiger partial charge in [0.2, 0.25) is 0 Å². The van der Waals surface area contributed by atoms with Gasteiger partial charge >= 0.3 is 0 Å². The molecule has 0 saturated carbocycles. The van der Waals surface area contributed by atoms with Crippen LogP contribution in [0.4, 0.5) is 0 Å². The van der Waals surface area contributed by atoms with Crippen LogP contribution in [0.3, 0.4) is 0 Å². The molecule has 5 nitrogen and oxygen atoms in total. The van der Waals surface area contributed by atoms with Crippen LogP contribution < -0.4 is 10.1 Å². The Morgan fingerprint density at radius 2 is 2.39 bits per heavy atom. The van der Waals surface area contributed by atoms with Crippen molar-refractivity contribution < 1.29 is 14.6 Å². The topological polar surface area (TPSA) is 74.5 Å². The quantitative estimate of drug-likeness (QED) is 0.756. The minimum atomic E-state index is -0.573. The Bertz CT molecular complexity index is 426. The number of nitrogens with zero attached hydrogens (tertiary/aromatic N) is 1. The summed E-state index contributed by atoms with van der Waals surface area (Å²) in [5.41, 5.74) is 0.548. The third kappa shape index (κ3) is 3.70. The predicted octanol–water partition coefficient (Wildman–Crippen LogP) is 0.286. The highest BCUT2D eigenvalue weighted by molar-refractivity contribution is 5.36. The van der Waals surface area contributed by atoms with Gasteiger partial charge in [-0.2, -0.15) is 5.26 Å². The van der Waals surface area contributed by atoms with E-state index in [0.29, 0.717) is 37.1 Å². The van der Waals surface area contributed by atoms with Gasteiger partial charge in [-0.15, -0.1) is 0 Å². The van der Waals surface area contributed by atoms with Gasteiger partial charge in [0.15, 0.2) is 0 Å². The summed E-state index contributed by atoms with van der Waals surface area (Å²) in [6.45, 7) is 2.09. The average Bonchev–Trinajstić information content (AvgIpc) is 2.35. The monoisotopic (exact) mass is 248 g/mol. The molecular weight excluding hydrogens is 232 g/mol. The number of benzene rings is 1. The molecule has 5 heteroatoms. The third-order valence-corrected chi connectivity index (χ3v) is 2.69. The number of rotatable bonds is 6. The van der Waals surface area contributed by atoms with E-state index in [2.05, 4.69) is 5.32 Å². The largest absolute Gasteiger partial charge is 0.491 e. The Balaban J connectivity index is 1.70. The minimum absolute atomic E-state index is 0.204. The van der Waals surface area contributed by atoms with Crippen LogP contribution >= 0.6 is 0 Å². The molecule has 2 rings (SSSR count). The maximum atomic E-state index is 9.71. The Labute approximate surface area is 106 Å². The predicted molar refractivity (Wildman–Crippen MR) is 65.3 cm³/mol. The van der Waals surface area contributed by atoms with Crippen molar-refractivity contribution in [2.24, 2.45) is 0 Å². The molecular formula is C13H16N2O3. The second kappa shape index (κ2) is 6.36. The lowest BCUT2D eigenvalue weighted by atomic mass is 10.2. The fourth-order valence-electron chi connectivity index (χ4n) is 1.56. The SMILES string of the molecule is N#Cc1cccc(OCC(O)CNC2COC2)c1. The highest BCUT2D eigenvalue weighted by atomic mass is 16.5. The summed E-state index contributed by atoms with van der Waals surface area (Å²) in [5, 5.41) is 21.6. The van der Waals surface area contributed by atoms with Crippen molar-refractivity contribution >= 4 is 0 Å². The molecule has 1 aromatic rings. The first kappa shape index (κ1) is 12.8. The number of hydrogen-bond donors (Lipinski definition) is 2. The van der Waals surface area contributed by atoms with E-state index >= 15 is 0 Å². The van der Waals surface area contributed by atoms with Gasteiger partial charge in [0, 0.05) is 6.54 Å². The molecule has 1 saturated heterocycles. The van der Waals surface area contributed by atoms with Crippen LogP contribution in [0.5, 0.6) is 5.75 Å². The molecule has 96 valence electrons. The molecule has 0 spiro atoms. The van der Waals surface area contributed by atoms with E-state index in [1.807, 2.05) is 6.07 Å². The molecule has 2 N–H and O–H groups in total. The van der Waals surface area contributed by atoms with Crippen LogP contribution in [0.1, 0.15) is 5.56 Å². The van der Waals surface area contributed by atoms with Crippen molar-refractivity contribution in [1.29, 1.82) is 5.26 Å². The highest BCUT2D eigenvalue weighted by Gasteiger charge is 2.18. The number of nitrogens with one attached hydrogen (secondary N) is 1. The summed E-state index contributed by atoms with van der Waals surface area (Å²) in [6.07, 6.45) is -0.573. The van der Waals surface area contributed by atoms with Crippen LogP contribution in [0, 0.1) is 11.3 Å². The van der Waals surface area contributed by atoms with E-state index < -0.39 is 6.10 Å². The number of aliphatic hydroxyl groups is 1. The maximum absolute atomic E-state index is 9.71. The number of ether oxygens (including phenoxy) is 2. The smallest absolute Gasteiger partial charge is 0.120 e. The Morgan fingerprint density at radius 1 is 1.56 bits per heavy atom. The van der Waals surface area contributed by atoms with Gasteiger partial charge in [0.25, 0.3) is 0 Å². The summed E-state index contributed by atoms with van der Waals surface area (Å²) in [5.74, 6) is 0.597. The summed E-state index contributed by atoms with van der Waals surface area (Å²) in [4.78, 5) is 0. The van der Waals surface area contributed by atoms with E-state index in [9.17, 15) is 5.11 Å². The molecule has 0 amide bonds. The van der Waals surface area contributed by atoms with Crippen LogP contribution in [0.25, 0.3) is 0 Å². The van der Waals surface area contributed by atoms with Gasteiger partial charge < -0.3 is 19.9 Å². The number of hydrogen-bond acceptors (Lipinski definition) is 5. The van der Waals surface area contributed by atoms with E-state index in [-0.39, 0.29) is 6.61 Å². The fourth-order valence-corrected chi connectivity index (χ4v) is 1.56. The number of aliphatic hydroxyl groups excluding tert-OH is 1. The van der Waals surface area contributed by atoms with E-state index in [4.69, 9.17) is 14.7 Å². The lowest BCUT2D eigenvalue weighted by Crippen LogP contribution is -2.49. The van der Waals surface area contributed by atoms with Crippen molar-refractivity contribution in [2.75, 3.05) is 26.4 Å². The van der Waals surface area contributed by atoms with Crippen molar-refractivity contribution in [3.63, 3.8) is 0 Å². The summed E-state index contributed by atoms with van der Waals surface area (Å²) < 4.78 is 10.4. The van der Waals surface area contributed by atoms with Crippen molar-refractivity contribution in [2.45, 2.75) is 12.1 Å². The normalized spacial score (nSPS) is 16.7. The molecule has 1 atom stereocenters. The van der Waals surface area contributed by atoms with Gasteiger partial charge in [-0.25, -0.2) is 0 Å². The zero-order valence-corrected chi connectivity index (χ0v) is 10.0. The molecule has 0 aliphatic carbocycles. The molecule has 1 fully saturated rings. The second-order valence-electron chi connectivity index (χ2n) is 4.25. The highest BCUT2D eigenvalue weighted by Crippen LogP contribution is 2.12. The van der Waals surface area contributed by atoms with E-state index in [1.165, 1.54) is 0 Å². The molecule has 0 aromatic heterocycles. The Morgan fingerprint density at radius 3 is 3.06 bits per heavy atom. The number of nitriles is 1. The molecule has 0 bridgehead atoms. The van der Waals surface area contributed by atoms with Crippen LogP contribution in [0.2, 0.25) is 0 Å². The fraction of sp³-hybridized carbons (Fsp3) is 0.462. The van der Waals surface area contributed by atoms with Crippen LogP contribution in [-0.4, -0.2) is 43.6 Å². The van der Waals surface area contributed by atoms with Crippen molar-refractivity contribution in [3.05, 3.63) is 29.8 Å². The lowest BCUT2D eigenvalue weighted by molar-refractivity contribution is -0.0118. The van der Waals surface area contributed by atoms with Gasteiger partial charge in [-0.05, 0) is 18.2 Å². The van der Waals surface area contributed by atoms with Gasteiger partial charge in [-0.3, -0.25) is 0 Å². The van der Waals surface area contributed by atoms with Gasteiger partial charge in [-0.1, -0.05) is 6.07 Å². The maximum Gasteiger partial charge on any atom is 0.120 e. The molecule has 1 aromatic carbocycles. The molecule has 1 aliphatic heterocycles. The summed E-state index contributed by atoms with van der Waals surface area (Å²) in [7, 11) is 0. The van der Waals surface area contributed by atoms with Crippen molar-refractivity contribution in [3.8, 4) is 11.8 Å². The first-order valence-corrected chi connectivity index (χ1v) is 5.90. The standard InChI is InChI=1S/C13H16N2O3/c14-5-10-2-1-3-13(4-10)18-9-12(16)6-15-11-7-17-8-11/h1-4,11-12,15-16H,6-9H2. The molecule has 18 heavy (non-hydrogen) atoms. The van der Waals surface area contributed by atoms with Gasteiger partial charge in [0.05, 0.1) is 30.9 Å². The molecule has 1 heterocycles. The second-order valence-corrected chi connectivity index (χ2v) is 4.25. The molecule has 0 radical (unpaired) electrons. The zero-order valence-electron chi connectivity index (χ0n) is 10.0. The Kier molecular flexibility index (Phi) is 4.53. The molecule has 1 unspecified atom stereocenters. The Hall–Kier alpha value is -1.61. The van der Waals surface area contributed by atoms with E-state index in [0.717, 1.165) is 0 Å². The average molecular weight is 248 g/mol. The first-order valence-electron chi connectivity index (χ1n) is 5.90. The lowest BCUT2D eigenvalue weighted by Gasteiger charge is -2.28. The van der Waals surface area contributed by atoms with Crippen LogP contribution in [-0.2, 0) is 4.74 Å². The zero-order chi connectivity index (χ0) is 12.8. The third-order valence-electron chi connectivity index (χ3n) is 2.69. The summed E-state index contributed by atoms with van der Waals surface area (Å²) in [6, 6.07) is 9.27. The summed E-state index contributed by atoms with van der Waals surface area (Å²) >= 11 is 0. The minimum Gasteiger partial charge on any atom is -0.491 e. The first-order chi connectivity index (χ1) is 8.78. The molecule has 1 aliphatic rings. The van der Waals surface area contributed by atoms with E-state index in [1.54, 1.807) is 24.3 Å². The van der Waals surface area contributed by atoms with Crippen molar-refractivity contribution in [1.82, 2.24) is 5.32 Å². The van der Waals surface area contributed by atoms with Crippen LogP contribution in [0.15, 0.2) is 24.3 Å².